The van der Waals surface area contributed by atoms with Gasteiger partial charge in [-0.05, 0) is 66.7 Å². The Morgan fingerprint density at radius 3 is 2.65 bits per heavy atom. The molecule has 7 heteroatoms. The molecule has 1 saturated carbocycles. The topological polar surface area (TPSA) is 55.3 Å². The lowest BCUT2D eigenvalue weighted by Gasteiger charge is -2.48. The number of carbonyl (C=O) groups excluding carboxylic acids is 1. The summed E-state index contributed by atoms with van der Waals surface area (Å²) in [6, 6.07) is 5.76. The number of nitrogens with zero attached hydrogens (tertiary/aromatic N) is 3. The van der Waals surface area contributed by atoms with E-state index in [1.165, 1.54) is 18.2 Å². The molecular formula is C27H31F2N3O2. The van der Waals surface area contributed by atoms with Crippen molar-refractivity contribution in [3.63, 3.8) is 0 Å². The van der Waals surface area contributed by atoms with Crippen molar-refractivity contribution >= 4 is 5.91 Å². The van der Waals surface area contributed by atoms with Crippen LogP contribution < -0.4 is 0 Å². The minimum absolute atomic E-state index is 0.0606. The second-order valence-electron chi connectivity index (χ2n) is 11.2. The SMILES string of the molecule is CC1(C)[C@H]2CC[C@]1([C@H]1CCCN(C(=O)CC3COC3)C1)c1nnc(-c3c(F)cccc3F)cc12. The molecule has 0 N–H and O–H groups in total. The third kappa shape index (κ3) is 3.01. The molecule has 0 radical (unpaired) electrons. The summed E-state index contributed by atoms with van der Waals surface area (Å²) in [5, 5.41) is 9.04. The molecular weight excluding hydrogens is 436 g/mol. The fourth-order valence-corrected chi connectivity index (χ4v) is 7.52. The normalized spacial score (nSPS) is 29.7. The third-order valence-electron chi connectivity index (χ3n) is 9.33. The molecule has 1 aromatic heterocycles. The standard InChI is InChI=1S/C27H31F2N3O2/c1-26(2)19-8-9-27(26,17-5-4-10-32(13-17)23(33)11-16-14-34-15-16)25-18(19)12-22(30-31-25)24-20(28)6-3-7-21(24)29/h3,6-7,12,16-17,19H,4-5,8-11,13-15H2,1-2H3/t17-,19-,27-/m0/s1. The predicted molar refractivity (Wildman–Crippen MR) is 123 cm³/mol. The molecule has 2 saturated heterocycles. The van der Waals surface area contributed by atoms with E-state index in [0.717, 1.165) is 50.0 Å². The van der Waals surface area contributed by atoms with Crippen LogP contribution in [0.4, 0.5) is 8.78 Å². The highest BCUT2D eigenvalue weighted by molar-refractivity contribution is 5.76. The van der Waals surface area contributed by atoms with Gasteiger partial charge < -0.3 is 9.64 Å². The number of halogens is 2. The summed E-state index contributed by atoms with van der Waals surface area (Å²) in [6.45, 7) is 7.55. The van der Waals surface area contributed by atoms with Crippen LogP contribution in [0.2, 0.25) is 0 Å². The maximum absolute atomic E-state index is 14.5. The smallest absolute Gasteiger partial charge is 0.223 e. The van der Waals surface area contributed by atoms with E-state index in [0.29, 0.717) is 31.5 Å². The molecule has 4 aliphatic rings. The molecule has 0 unspecified atom stereocenters. The van der Waals surface area contributed by atoms with E-state index >= 15 is 0 Å². The van der Waals surface area contributed by atoms with Crippen LogP contribution in [0.25, 0.3) is 11.3 Å². The predicted octanol–water partition coefficient (Wildman–Crippen LogP) is 4.85. The summed E-state index contributed by atoms with van der Waals surface area (Å²) in [7, 11) is 0. The lowest BCUT2D eigenvalue weighted by atomic mass is 9.59. The number of aromatic nitrogens is 2. The first-order valence-corrected chi connectivity index (χ1v) is 12.5. The maximum Gasteiger partial charge on any atom is 0.223 e. The number of amides is 1. The summed E-state index contributed by atoms with van der Waals surface area (Å²) >= 11 is 0. The average molecular weight is 468 g/mol. The molecule has 34 heavy (non-hydrogen) atoms. The molecule has 2 aromatic rings. The second-order valence-corrected chi connectivity index (χ2v) is 11.2. The molecule has 3 heterocycles. The van der Waals surface area contributed by atoms with E-state index in [9.17, 15) is 13.6 Å². The van der Waals surface area contributed by atoms with Gasteiger partial charge in [0.25, 0.3) is 0 Å². The minimum Gasteiger partial charge on any atom is -0.381 e. The highest BCUT2D eigenvalue weighted by Crippen LogP contribution is 2.70. The number of ether oxygens (including phenoxy) is 1. The summed E-state index contributed by atoms with van der Waals surface area (Å²) in [5.74, 6) is -0.0846. The van der Waals surface area contributed by atoms with Crippen LogP contribution in [0.5, 0.6) is 0 Å². The zero-order valence-electron chi connectivity index (χ0n) is 19.8. The van der Waals surface area contributed by atoms with Crippen molar-refractivity contribution in [3.05, 3.63) is 47.2 Å². The Hall–Kier alpha value is -2.41. The van der Waals surface area contributed by atoms with Crippen LogP contribution in [0.15, 0.2) is 24.3 Å². The van der Waals surface area contributed by atoms with Crippen LogP contribution in [0, 0.1) is 28.9 Å². The van der Waals surface area contributed by atoms with E-state index in [4.69, 9.17) is 4.74 Å². The molecule has 6 rings (SSSR count). The van der Waals surface area contributed by atoms with Gasteiger partial charge in [-0.15, -0.1) is 0 Å². The van der Waals surface area contributed by atoms with Gasteiger partial charge in [-0.25, -0.2) is 8.78 Å². The Morgan fingerprint density at radius 1 is 1.18 bits per heavy atom. The number of benzene rings is 1. The largest absolute Gasteiger partial charge is 0.381 e. The van der Waals surface area contributed by atoms with Gasteiger partial charge in [-0.1, -0.05) is 19.9 Å². The molecule has 2 aliphatic carbocycles. The third-order valence-corrected chi connectivity index (χ3v) is 9.33. The summed E-state index contributed by atoms with van der Waals surface area (Å²) < 4.78 is 34.2. The van der Waals surface area contributed by atoms with E-state index in [1.54, 1.807) is 0 Å². The number of rotatable bonds is 4. The lowest BCUT2D eigenvalue weighted by Crippen LogP contribution is -2.52. The van der Waals surface area contributed by atoms with Crippen molar-refractivity contribution in [1.82, 2.24) is 15.1 Å². The quantitative estimate of drug-likeness (QED) is 0.645. The molecule has 0 spiro atoms. The Bertz CT molecular complexity index is 1130. The van der Waals surface area contributed by atoms with E-state index in [-0.39, 0.29) is 33.9 Å². The average Bonchev–Trinajstić information content (AvgIpc) is 3.17. The van der Waals surface area contributed by atoms with Gasteiger partial charge in [-0.2, -0.15) is 10.2 Å². The summed E-state index contributed by atoms with van der Waals surface area (Å²) in [6.07, 6.45) is 4.65. The number of hydrogen-bond donors (Lipinski definition) is 0. The first kappa shape index (κ1) is 22.1. The van der Waals surface area contributed by atoms with Gasteiger partial charge >= 0.3 is 0 Å². The zero-order valence-corrected chi connectivity index (χ0v) is 19.8. The number of piperidine rings is 1. The van der Waals surface area contributed by atoms with Crippen molar-refractivity contribution in [2.24, 2.45) is 17.3 Å². The Balaban J connectivity index is 1.35. The molecule has 1 aromatic carbocycles. The van der Waals surface area contributed by atoms with Crippen molar-refractivity contribution < 1.29 is 18.3 Å². The van der Waals surface area contributed by atoms with Gasteiger partial charge in [0.1, 0.15) is 11.6 Å². The maximum atomic E-state index is 14.5. The van der Waals surface area contributed by atoms with E-state index < -0.39 is 11.6 Å². The summed E-state index contributed by atoms with van der Waals surface area (Å²) in [4.78, 5) is 15.1. The van der Waals surface area contributed by atoms with Crippen molar-refractivity contribution in [2.45, 2.75) is 57.3 Å². The van der Waals surface area contributed by atoms with Crippen LogP contribution in [-0.4, -0.2) is 47.3 Å². The summed E-state index contributed by atoms with van der Waals surface area (Å²) in [5.41, 5.74) is 1.98. The molecule has 2 aliphatic heterocycles. The second kappa shape index (κ2) is 7.80. The molecule has 2 bridgehead atoms. The van der Waals surface area contributed by atoms with Gasteiger partial charge in [-0.3, -0.25) is 4.79 Å². The lowest BCUT2D eigenvalue weighted by molar-refractivity contribution is -0.139. The Morgan fingerprint density at radius 2 is 1.94 bits per heavy atom. The molecule has 1 amide bonds. The first-order valence-electron chi connectivity index (χ1n) is 12.5. The monoisotopic (exact) mass is 467 g/mol. The number of likely N-dealkylation sites (tertiary alicyclic amines) is 1. The molecule has 5 nitrogen and oxygen atoms in total. The Labute approximate surface area is 198 Å². The zero-order chi connectivity index (χ0) is 23.7. The van der Waals surface area contributed by atoms with Gasteiger partial charge in [0.2, 0.25) is 5.91 Å². The minimum atomic E-state index is -0.621. The fraction of sp³-hybridized carbons (Fsp3) is 0.593. The number of carbonyl (C=O) groups is 1. The number of fused-ring (bicyclic) bond motifs is 5. The van der Waals surface area contributed by atoms with Crippen molar-refractivity contribution in [1.29, 1.82) is 0 Å². The van der Waals surface area contributed by atoms with Crippen molar-refractivity contribution in [3.8, 4) is 11.3 Å². The van der Waals surface area contributed by atoms with Crippen LogP contribution in [0.1, 0.15) is 63.1 Å². The van der Waals surface area contributed by atoms with Gasteiger partial charge in [0.15, 0.2) is 0 Å². The Kier molecular flexibility index (Phi) is 5.07. The van der Waals surface area contributed by atoms with Crippen LogP contribution in [0.3, 0.4) is 0 Å². The molecule has 3 atom stereocenters. The van der Waals surface area contributed by atoms with Gasteiger partial charge in [0, 0.05) is 30.8 Å². The fourth-order valence-electron chi connectivity index (χ4n) is 7.52. The van der Waals surface area contributed by atoms with Crippen LogP contribution >= 0.6 is 0 Å². The highest BCUT2D eigenvalue weighted by Gasteiger charge is 2.66. The van der Waals surface area contributed by atoms with E-state index in [1.807, 2.05) is 6.07 Å². The highest BCUT2D eigenvalue weighted by atomic mass is 19.1. The van der Waals surface area contributed by atoms with Crippen molar-refractivity contribution in [2.75, 3.05) is 26.3 Å². The van der Waals surface area contributed by atoms with Gasteiger partial charge in [0.05, 0.1) is 30.2 Å². The first-order chi connectivity index (χ1) is 16.3. The van der Waals surface area contributed by atoms with Crippen LogP contribution in [-0.2, 0) is 14.9 Å². The van der Waals surface area contributed by atoms with E-state index in [2.05, 4.69) is 28.9 Å². The number of hydrogen-bond acceptors (Lipinski definition) is 4. The molecule has 3 fully saturated rings. The molecule has 180 valence electrons.